The smallest absolute Gasteiger partial charge is 0.300 e. The summed E-state index contributed by atoms with van der Waals surface area (Å²) in [5, 5.41) is 19.1. The van der Waals surface area contributed by atoms with Gasteiger partial charge in [0.15, 0.2) is 5.96 Å². The fraction of sp³-hybridized carbons (Fsp3) is 0.222. The second kappa shape index (κ2) is 10.9. The van der Waals surface area contributed by atoms with Gasteiger partial charge in [0.25, 0.3) is 5.97 Å². The Bertz CT molecular complexity index is 820. The average Bonchev–Trinajstić information content (AvgIpc) is 2.65. The third kappa shape index (κ3) is 7.31. The van der Waals surface area contributed by atoms with Crippen molar-refractivity contribution in [1.82, 2.24) is 4.98 Å². The van der Waals surface area contributed by atoms with E-state index in [1.807, 2.05) is 24.3 Å². The van der Waals surface area contributed by atoms with Crippen LogP contribution in [-0.4, -0.2) is 36.2 Å². The summed E-state index contributed by atoms with van der Waals surface area (Å²) < 4.78 is 10.6. The van der Waals surface area contributed by atoms with Crippen LogP contribution in [-0.2, 0) is 11.3 Å². The van der Waals surface area contributed by atoms with Crippen LogP contribution < -0.4 is 20.5 Å². The maximum Gasteiger partial charge on any atom is 0.300 e. The fourth-order valence-corrected chi connectivity index (χ4v) is 1.99. The summed E-state index contributed by atoms with van der Waals surface area (Å²) in [5.74, 6) is 1.15. The van der Waals surface area contributed by atoms with E-state index in [2.05, 4.69) is 15.3 Å². The lowest BCUT2D eigenvalue weighted by Crippen LogP contribution is -2.23. The number of nitrogens with two attached hydrogens (primary N) is 1. The van der Waals surface area contributed by atoms with Crippen LogP contribution in [0.4, 0.5) is 5.82 Å². The molecule has 2 rings (SSSR count). The second-order valence-electron chi connectivity index (χ2n) is 5.03. The molecule has 0 spiro atoms. The molecule has 9 heteroatoms. The van der Waals surface area contributed by atoms with Crippen molar-refractivity contribution >= 4 is 17.7 Å². The standard InChI is InChI=1S/C16H17N5O2.C2H4O2/c1-22-13-4-3-5-14(23-2)12(13)10-20-16(18)21-15-8-11(9-17)6-7-19-15;1-2(3)4/h3-8H,10H2,1-2H3,(H3,18,19,20,21);1H3,(H,3,4). The van der Waals surface area contributed by atoms with E-state index in [1.165, 1.54) is 6.20 Å². The molecule has 1 aromatic heterocycles. The molecule has 0 aliphatic rings. The van der Waals surface area contributed by atoms with Gasteiger partial charge in [-0.3, -0.25) is 4.79 Å². The number of carboxylic acid groups (broad SMARTS) is 1. The molecular formula is C18H21N5O4. The van der Waals surface area contributed by atoms with Crippen molar-refractivity contribution in [3.05, 3.63) is 47.7 Å². The maximum atomic E-state index is 9.00. The number of pyridine rings is 1. The van der Waals surface area contributed by atoms with E-state index in [0.717, 1.165) is 12.5 Å². The molecule has 4 N–H and O–H groups in total. The highest BCUT2D eigenvalue weighted by atomic mass is 16.5. The lowest BCUT2D eigenvalue weighted by molar-refractivity contribution is -0.134. The summed E-state index contributed by atoms with van der Waals surface area (Å²) in [6, 6.07) is 10.7. The molecule has 0 saturated carbocycles. The molecule has 0 radical (unpaired) electrons. The zero-order valence-electron chi connectivity index (χ0n) is 15.3. The van der Waals surface area contributed by atoms with Gasteiger partial charge in [0, 0.05) is 13.1 Å². The predicted molar refractivity (Wildman–Crippen MR) is 101 cm³/mol. The van der Waals surface area contributed by atoms with Gasteiger partial charge in [0.05, 0.1) is 38.0 Å². The van der Waals surface area contributed by atoms with E-state index in [0.29, 0.717) is 22.9 Å². The summed E-state index contributed by atoms with van der Waals surface area (Å²) in [5.41, 5.74) is 7.14. The van der Waals surface area contributed by atoms with E-state index in [4.69, 9.17) is 30.4 Å². The van der Waals surface area contributed by atoms with Gasteiger partial charge in [-0.25, -0.2) is 9.98 Å². The normalized spacial score (nSPS) is 10.1. The number of rotatable bonds is 5. The molecule has 0 aliphatic carbocycles. The molecule has 9 nitrogen and oxygen atoms in total. The number of benzene rings is 1. The largest absolute Gasteiger partial charge is 0.496 e. The first-order valence-electron chi connectivity index (χ1n) is 7.73. The first kappa shape index (κ1) is 21.2. The van der Waals surface area contributed by atoms with Gasteiger partial charge in [-0.1, -0.05) is 6.07 Å². The summed E-state index contributed by atoms with van der Waals surface area (Å²) in [7, 11) is 3.17. The van der Waals surface area contributed by atoms with Gasteiger partial charge in [0.1, 0.15) is 17.3 Å². The van der Waals surface area contributed by atoms with Gasteiger partial charge in [-0.2, -0.15) is 5.26 Å². The zero-order valence-corrected chi connectivity index (χ0v) is 15.3. The number of aliphatic imine (C=N–C) groups is 1. The van der Waals surface area contributed by atoms with E-state index >= 15 is 0 Å². The van der Waals surface area contributed by atoms with Crippen LogP contribution >= 0.6 is 0 Å². The number of aromatic nitrogens is 1. The first-order chi connectivity index (χ1) is 12.9. The number of nitrogens with one attached hydrogen (secondary N) is 1. The Morgan fingerprint density at radius 3 is 2.44 bits per heavy atom. The molecule has 0 bridgehead atoms. The van der Waals surface area contributed by atoms with Gasteiger partial charge < -0.3 is 25.6 Å². The monoisotopic (exact) mass is 371 g/mol. The molecule has 1 heterocycles. The summed E-state index contributed by atoms with van der Waals surface area (Å²) in [6.45, 7) is 1.37. The molecule has 0 unspecified atom stereocenters. The number of nitriles is 1. The Morgan fingerprint density at radius 2 is 1.93 bits per heavy atom. The van der Waals surface area contributed by atoms with Crippen LogP contribution in [0.3, 0.4) is 0 Å². The number of guanidine groups is 1. The van der Waals surface area contributed by atoms with E-state index < -0.39 is 5.97 Å². The quantitative estimate of drug-likeness (QED) is 0.535. The van der Waals surface area contributed by atoms with Crippen LogP contribution in [0.2, 0.25) is 0 Å². The molecule has 2 aromatic rings. The Kier molecular flexibility index (Phi) is 8.61. The number of methoxy groups -OCH3 is 2. The van der Waals surface area contributed by atoms with Crippen molar-refractivity contribution in [3.8, 4) is 17.6 Å². The number of nitrogens with zero attached hydrogens (tertiary/aromatic N) is 3. The van der Waals surface area contributed by atoms with Gasteiger partial charge in [-0.15, -0.1) is 0 Å². The highest BCUT2D eigenvalue weighted by Crippen LogP contribution is 2.28. The lowest BCUT2D eigenvalue weighted by Gasteiger charge is -2.11. The topological polar surface area (TPSA) is 143 Å². The highest BCUT2D eigenvalue weighted by molar-refractivity contribution is 5.91. The molecule has 27 heavy (non-hydrogen) atoms. The van der Waals surface area contributed by atoms with Crippen LogP contribution in [0.5, 0.6) is 11.5 Å². The minimum Gasteiger partial charge on any atom is -0.496 e. The SMILES string of the molecule is CC(=O)O.COc1cccc(OC)c1CN=C(N)Nc1cc(C#N)ccn1. The third-order valence-electron chi connectivity index (χ3n) is 3.08. The Balaban J connectivity index is 0.000000828. The third-order valence-corrected chi connectivity index (χ3v) is 3.08. The van der Waals surface area contributed by atoms with Crippen molar-refractivity contribution < 1.29 is 19.4 Å². The van der Waals surface area contributed by atoms with Crippen molar-refractivity contribution in [1.29, 1.82) is 5.26 Å². The van der Waals surface area contributed by atoms with E-state index in [9.17, 15) is 0 Å². The molecular weight excluding hydrogens is 350 g/mol. The highest BCUT2D eigenvalue weighted by Gasteiger charge is 2.09. The molecule has 0 atom stereocenters. The summed E-state index contributed by atoms with van der Waals surface area (Å²) >= 11 is 0. The predicted octanol–water partition coefficient (Wildman–Crippen LogP) is 1.99. The molecule has 0 saturated heterocycles. The van der Waals surface area contributed by atoms with Crippen LogP contribution in [0.25, 0.3) is 0 Å². The number of carboxylic acids is 1. The van der Waals surface area contributed by atoms with Crippen molar-refractivity contribution in [2.75, 3.05) is 19.5 Å². The van der Waals surface area contributed by atoms with Crippen LogP contribution in [0.15, 0.2) is 41.5 Å². The number of hydrogen-bond donors (Lipinski definition) is 3. The molecule has 1 aromatic carbocycles. The average molecular weight is 371 g/mol. The minimum atomic E-state index is -0.833. The van der Waals surface area contributed by atoms with Crippen molar-refractivity contribution in [3.63, 3.8) is 0 Å². The number of carbonyl (C=O) groups is 1. The fourth-order valence-electron chi connectivity index (χ4n) is 1.99. The van der Waals surface area contributed by atoms with Crippen molar-refractivity contribution in [2.24, 2.45) is 10.7 Å². The van der Waals surface area contributed by atoms with Gasteiger partial charge in [-0.05, 0) is 24.3 Å². The molecule has 0 amide bonds. The Hall–Kier alpha value is -3.80. The van der Waals surface area contributed by atoms with E-state index in [1.54, 1.807) is 26.4 Å². The van der Waals surface area contributed by atoms with Crippen LogP contribution in [0.1, 0.15) is 18.1 Å². The van der Waals surface area contributed by atoms with Gasteiger partial charge >= 0.3 is 0 Å². The lowest BCUT2D eigenvalue weighted by atomic mass is 10.2. The minimum absolute atomic E-state index is 0.181. The van der Waals surface area contributed by atoms with Crippen LogP contribution in [0, 0.1) is 11.3 Å². The molecule has 142 valence electrons. The van der Waals surface area contributed by atoms with Crippen molar-refractivity contribution in [2.45, 2.75) is 13.5 Å². The second-order valence-corrected chi connectivity index (χ2v) is 5.03. The summed E-state index contributed by atoms with van der Waals surface area (Å²) in [4.78, 5) is 17.3. The van der Waals surface area contributed by atoms with E-state index in [-0.39, 0.29) is 12.5 Å². The molecule has 0 aliphatic heterocycles. The number of aliphatic carboxylic acids is 1. The van der Waals surface area contributed by atoms with Gasteiger partial charge in [0.2, 0.25) is 0 Å². The number of ether oxygens (including phenoxy) is 2. The first-order valence-corrected chi connectivity index (χ1v) is 7.73. The maximum absolute atomic E-state index is 9.00. The Morgan fingerprint density at radius 1 is 1.33 bits per heavy atom. The number of hydrogen-bond acceptors (Lipinski definition) is 6. The summed E-state index contributed by atoms with van der Waals surface area (Å²) in [6.07, 6.45) is 1.53. The Labute approximate surface area is 157 Å². The number of anilines is 1. The zero-order chi connectivity index (χ0) is 20.2. The molecule has 0 fully saturated rings.